The zero-order valence-corrected chi connectivity index (χ0v) is 14.5. The highest BCUT2D eigenvalue weighted by Crippen LogP contribution is 2.14. The van der Waals surface area contributed by atoms with Gasteiger partial charge < -0.3 is 15.4 Å². The minimum absolute atomic E-state index is 0.617. The van der Waals surface area contributed by atoms with Crippen LogP contribution in [-0.2, 0) is 13.1 Å². The summed E-state index contributed by atoms with van der Waals surface area (Å²) in [6.45, 7) is 3.36. The molecule has 0 spiro atoms. The molecule has 25 heavy (non-hydrogen) atoms. The molecule has 0 fully saturated rings. The highest BCUT2D eigenvalue weighted by Gasteiger charge is 2.03. The summed E-state index contributed by atoms with van der Waals surface area (Å²) in [4.78, 5) is 8.99. The Hall–Kier alpha value is -3.08. The molecule has 0 aliphatic heterocycles. The zero-order chi connectivity index (χ0) is 17.5. The lowest BCUT2D eigenvalue weighted by atomic mass is 10.2. The topological polar surface area (TPSA) is 59.1 Å². The molecule has 3 aromatic rings. The fraction of sp³-hybridized carbons (Fsp3) is 0.200. The van der Waals surface area contributed by atoms with Crippen LogP contribution in [0.25, 0.3) is 0 Å². The summed E-state index contributed by atoms with van der Waals surface area (Å²) < 4.78 is 5.17. The van der Waals surface area contributed by atoms with Crippen molar-refractivity contribution in [3.05, 3.63) is 77.5 Å². The molecule has 0 saturated carbocycles. The van der Waals surface area contributed by atoms with Crippen molar-refractivity contribution in [2.45, 2.75) is 20.0 Å². The number of rotatable bonds is 7. The largest absolute Gasteiger partial charge is 0.497 e. The van der Waals surface area contributed by atoms with Crippen molar-refractivity contribution in [1.82, 2.24) is 9.97 Å². The zero-order valence-electron chi connectivity index (χ0n) is 14.5. The van der Waals surface area contributed by atoms with Gasteiger partial charge in [0.15, 0.2) is 0 Å². The Labute approximate surface area is 148 Å². The van der Waals surface area contributed by atoms with Gasteiger partial charge in [-0.2, -0.15) is 4.98 Å². The van der Waals surface area contributed by atoms with E-state index in [1.165, 1.54) is 5.56 Å². The van der Waals surface area contributed by atoms with E-state index >= 15 is 0 Å². The van der Waals surface area contributed by atoms with Crippen LogP contribution >= 0.6 is 0 Å². The van der Waals surface area contributed by atoms with Crippen molar-refractivity contribution < 1.29 is 4.74 Å². The van der Waals surface area contributed by atoms with Gasteiger partial charge in [0.25, 0.3) is 0 Å². The predicted molar refractivity (Wildman–Crippen MR) is 101 cm³/mol. The number of hydrogen-bond donors (Lipinski definition) is 2. The number of aromatic nitrogens is 2. The summed E-state index contributed by atoms with van der Waals surface area (Å²) >= 11 is 0. The molecule has 0 amide bonds. The Morgan fingerprint density at radius 3 is 2.24 bits per heavy atom. The molecule has 1 heterocycles. The average molecular weight is 334 g/mol. The Morgan fingerprint density at radius 1 is 0.840 bits per heavy atom. The fourth-order valence-corrected chi connectivity index (χ4v) is 2.45. The van der Waals surface area contributed by atoms with Crippen LogP contribution in [0.2, 0.25) is 0 Å². The van der Waals surface area contributed by atoms with Crippen molar-refractivity contribution in [2.75, 3.05) is 17.7 Å². The highest BCUT2D eigenvalue weighted by molar-refractivity contribution is 5.43. The van der Waals surface area contributed by atoms with E-state index in [9.17, 15) is 0 Å². The lowest BCUT2D eigenvalue weighted by Crippen LogP contribution is -2.08. The molecule has 0 radical (unpaired) electrons. The first-order valence-electron chi connectivity index (χ1n) is 8.23. The van der Waals surface area contributed by atoms with Gasteiger partial charge in [0.05, 0.1) is 7.11 Å². The molecule has 5 nitrogen and oxygen atoms in total. The number of hydrogen-bond acceptors (Lipinski definition) is 5. The van der Waals surface area contributed by atoms with E-state index in [4.69, 9.17) is 4.74 Å². The second-order valence-electron chi connectivity index (χ2n) is 5.76. The first-order valence-corrected chi connectivity index (χ1v) is 8.23. The highest BCUT2D eigenvalue weighted by atomic mass is 16.5. The van der Waals surface area contributed by atoms with Crippen LogP contribution < -0.4 is 15.4 Å². The van der Waals surface area contributed by atoms with E-state index in [0.717, 1.165) is 29.4 Å². The number of nitrogens with zero attached hydrogens (tertiary/aromatic N) is 2. The van der Waals surface area contributed by atoms with Crippen molar-refractivity contribution in [3.63, 3.8) is 0 Å². The Balaban J connectivity index is 1.62. The maximum Gasteiger partial charge on any atom is 0.225 e. The van der Waals surface area contributed by atoms with E-state index in [0.29, 0.717) is 12.5 Å². The van der Waals surface area contributed by atoms with Crippen LogP contribution in [0, 0.1) is 6.92 Å². The second-order valence-corrected chi connectivity index (χ2v) is 5.76. The molecule has 0 saturated heterocycles. The number of ether oxygens (including phenoxy) is 1. The van der Waals surface area contributed by atoms with E-state index < -0.39 is 0 Å². The molecule has 0 bridgehead atoms. The molecule has 0 unspecified atom stereocenters. The van der Waals surface area contributed by atoms with Gasteiger partial charge in [-0.25, -0.2) is 4.98 Å². The number of benzene rings is 2. The third kappa shape index (κ3) is 4.94. The number of aryl methyl sites for hydroxylation is 1. The first kappa shape index (κ1) is 16.8. The van der Waals surface area contributed by atoms with Gasteiger partial charge in [-0.3, -0.25) is 0 Å². The van der Waals surface area contributed by atoms with Gasteiger partial charge >= 0.3 is 0 Å². The summed E-state index contributed by atoms with van der Waals surface area (Å²) in [5, 5.41) is 6.62. The van der Waals surface area contributed by atoms with Crippen LogP contribution in [-0.4, -0.2) is 17.1 Å². The van der Waals surface area contributed by atoms with Crippen LogP contribution in [0.1, 0.15) is 16.8 Å². The van der Waals surface area contributed by atoms with E-state index in [1.54, 1.807) is 7.11 Å². The van der Waals surface area contributed by atoms with Crippen LogP contribution in [0.5, 0.6) is 5.75 Å². The lowest BCUT2D eigenvalue weighted by Gasteiger charge is -2.10. The Bertz CT molecular complexity index is 804. The lowest BCUT2D eigenvalue weighted by molar-refractivity contribution is 0.414. The third-order valence-electron chi connectivity index (χ3n) is 3.78. The molecular formula is C20H22N4O. The molecule has 0 aliphatic carbocycles. The van der Waals surface area contributed by atoms with Crippen molar-refractivity contribution in [3.8, 4) is 5.75 Å². The molecule has 1 aromatic heterocycles. The standard InChI is InChI=1S/C20H22N4O/c1-15-12-19(21-13-16-6-4-3-5-7-16)24-20(23-15)22-14-17-8-10-18(25-2)11-9-17/h3-12H,13-14H2,1-2H3,(H2,21,22,23,24). The summed E-state index contributed by atoms with van der Waals surface area (Å²) in [5.41, 5.74) is 3.28. The minimum Gasteiger partial charge on any atom is -0.497 e. The summed E-state index contributed by atoms with van der Waals surface area (Å²) in [6, 6.07) is 20.1. The minimum atomic E-state index is 0.617. The maximum absolute atomic E-state index is 5.17. The molecule has 2 N–H and O–H groups in total. The quantitative estimate of drug-likeness (QED) is 0.683. The molecule has 2 aromatic carbocycles. The normalized spacial score (nSPS) is 10.3. The smallest absolute Gasteiger partial charge is 0.225 e. The third-order valence-corrected chi connectivity index (χ3v) is 3.78. The summed E-state index contributed by atoms with van der Waals surface area (Å²) in [6.07, 6.45) is 0. The Morgan fingerprint density at radius 2 is 1.52 bits per heavy atom. The van der Waals surface area contributed by atoms with Crippen molar-refractivity contribution in [2.24, 2.45) is 0 Å². The number of methoxy groups -OCH3 is 1. The van der Waals surface area contributed by atoms with Crippen molar-refractivity contribution in [1.29, 1.82) is 0 Å². The van der Waals surface area contributed by atoms with Gasteiger partial charge in [0, 0.05) is 24.8 Å². The summed E-state index contributed by atoms with van der Waals surface area (Å²) in [7, 11) is 1.66. The van der Waals surface area contributed by atoms with Crippen LogP contribution in [0.15, 0.2) is 60.7 Å². The monoisotopic (exact) mass is 334 g/mol. The van der Waals surface area contributed by atoms with Gasteiger partial charge in [0.2, 0.25) is 5.95 Å². The molecule has 0 atom stereocenters. The first-order chi connectivity index (χ1) is 12.2. The summed E-state index contributed by atoms with van der Waals surface area (Å²) in [5.74, 6) is 2.28. The second kappa shape index (κ2) is 8.15. The molecule has 5 heteroatoms. The fourth-order valence-electron chi connectivity index (χ4n) is 2.45. The van der Waals surface area contributed by atoms with Gasteiger partial charge in [-0.05, 0) is 30.2 Å². The molecule has 128 valence electrons. The van der Waals surface area contributed by atoms with Crippen molar-refractivity contribution >= 4 is 11.8 Å². The SMILES string of the molecule is COc1ccc(CNc2nc(C)cc(NCc3ccccc3)n2)cc1. The number of anilines is 2. The van der Waals surface area contributed by atoms with Crippen LogP contribution in [0.3, 0.4) is 0 Å². The van der Waals surface area contributed by atoms with E-state index in [1.807, 2.05) is 55.5 Å². The average Bonchev–Trinajstić information content (AvgIpc) is 2.66. The Kier molecular flexibility index (Phi) is 5.46. The van der Waals surface area contributed by atoms with E-state index in [2.05, 4.69) is 32.7 Å². The number of nitrogens with one attached hydrogen (secondary N) is 2. The molecule has 0 aliphatic rings. The van der Waals surface area contributed by atoms with E-state index in [-0.39, 0.29) is 0 Å². The predicted octanol–water partition coefficient (Wildman–Crippen LogP) is 4.02. The molecule has 3 rings (SSSR count). The van der Waals surface area contributed by atoms with Gasteiger partial charge in [-0.1, -0.05) is 42.5 Å². The van der Waals surface area contributed by atoms with Crippen LogP contribution in [0.4, 0.5) is 11.8 Å². The maximum atomic E-state index is 5.17. The van der Waals surface area contributed by atoms with Gasteiger partial charge in [-0.15, -0.1) is 0 Å². The molecular weight excluding hydrogens is 312 g/mol. The van der Waals surface area contributed by atoms with Gasteiger partial charge in [0.1, 0.15) is 11.6 Å².